The molecule has 0 bridgehead atoms. The van der Waals surface area contributed by atoms with Crippen LogP contribution in [0.3, 0.4) is 0 Å². The molecule has 0 saturated carbocycles. The van der Waals surface area contributed by atoms with Gasteiger partial charge in [0.1, 0.15) is 21.7 Å². The van der Waals surface area contributed by atoms with E-state index in [2.05, 4.69) is 15.6 Å². The molecular formula is C18H20ClN3O4S. The van der Waals surface area contributed by atoms with E-state index >= 15 is 0 Å². The number of rotatable bonds is 7. The lowest BCUT2D eigenvalue weighted by Gasteiger charge is -2.18. The lowest BCUT2D eigenvalue weighted by atomic mass is 10.1. The number of anilines is 1. The van der Waals surface area contributed by atoms with Gasteiger partial charge in [0.15, 0.2) is 0 Å². The molecule has 2 rings (SSSR count). The summed E-state index contributed by atoms with van der Waals surface area (Å²) in [7, 11) is -3.30. The Morgan fingerprint density at radius 2 is 1.85 bits per heavy atom. The van der Waals surface area contributed by atoms with Crippen molar-refractivity contribution in [1.29, 1.82) is 0 Å². The molecule has 27 heavy (non-hydrogen) atoms. The van der Waals surface area contributed by atoms with Gasteiger partial charge in [-0.3, -0.25) is 9.59 Å². The minimum absolute atomic E-state index is 0.0597. The Bertz CT molecular complexity index is 930. The molecule has 0 aliphatic carbocycles. The lowest BCUT2D eigenvalue weighted by Crippen LogP contribution is -2.44. The van der Waals surface area contributed by atoms with Crippen LogP contribution in [0, 0.1) is 6.92 Å². The molecule has 9 heteroatoms. The second kappa shape index (κ2) is 8.96. The van der Waals surface area contributed by atoms with Crippen molar-refractivity contribution in [1.82, 2.24) is 10.3 Å². The summed E-state index contributed by atoms with van der Waals surface area (Å²) in [6.07, 6.45) is 2.56. The number of hydrogen-bond acceptors (Lipinski definition) is 5. The number of aryl methyl sites for hydroxylation is 1. The third-order valence-electron chi connectivity index (χ3n) is 3.67. The zero-order chi connectivity index (χ0) is 20.0. The number of halogens is 1. The molecule has 0 fully saturated rings. The number of amides is 2. The maximum absolute atomic E-state index is 12.6. The van der Waals surface area contributed by atoms with Crippen molar-refractivity contribution < 1.29 is 18.0 Å². The molecule has 7 nitrogen and oxygen atoms in total. The highest BCUT2D eigenvalue weighted by Crippen LogP contribution is 2.11. The molecule has 0 aliphatic rings. The van der Waals surface area contributed by atoms with E-state index in [4.69, 9.17) is 11.6 Å². The minimum Gasteiger partial charge on any atom is -0.340 e. The van der Waals surface area contributed by atoms with Gasteiger partial charge in [-0.1, -0.05) is 11.6 Å². The number of hydrogen-bond donors (Lipinski definition) is 2. The molecule has 1 aromatic carbocycles. The Labute approximate surface area is 163 Å². The van der Waals surface area contributed by atoms with Crippen molar-refractivity contribution in [2.45, 2.75) is 19.4 Å². The standard InChI is InChI=1S/C18H20ClN3O4S/c1-12-7-9-20-16(11-12)22-18(24)15(8-10-27(2,25)26)21-17(23)13-3-5-14(19)6-4-13/h3-7,9,11,15H,8,10H2,1-2H3,(H,21,23)(H,20,22,24)/t15-/m1/s1. The van der Waals surface area contributed by atoms with Crippen molar-refractivity contribution in [2.75, 3.05) is 17.3 Å². The predicted molar refractivity (Wildman–Crippen MR) is 105 cm³/mol. The van der Waals surface area contributed by atoms with E-state index in [0.717, 1.165) is 11.8 Å². The third-order valence-corrected chi connectivity index (χ3v) is 4.90. The largest absolute Gasteiger partial charge is 0.340 e. The Balaban J connectivity index is 2.15. The van der Waals surface area contributed by atoms with Gasteiger partial charge in [-0.25, -0.2) is 13.4 Å². The summed E-state index contributed by atoms with van der Waals surface area (Å²) >= 11 is 5.81. The van der Waals surface area contributed by atoms with Crippen LogP contribution < -0.4 is 10.6 Å². The quantitative estimate of drug-likeness (QED) is 0.729. The van der Waals surface area contributed by atoms with E-state index in [1.165, 1.54) is 12.1 Å². The molecule has 0 spiro atoms. The van der Waals surface area contributed by atoms with Crippen LogP contribution in [-0.2, 0) is 14.6 Å². The Morgan fingerprint density at radius 1 is 1.19 bits per heavy atom. The number of nitrogens with zero attached hydrogens (tertiary/aromatic N) is 1. The topological polar surface area (TPSA) is 105 Å². The number of nitrogens with one attached hydrogen (secondary N) is 2. The fourth-order valence-electron chi connectivity index (χ4n) is 2.26. The van der Waals surface area contributed by atoms with Crippen molar-refractivity contribution >= 4 is 39.1 Å². The molecule has 144 valence electrons. The van der Waals surface area contributed by atoms with Crippen LogP contribution in [0.1, 0.15) is 22.3 Å². The van der Waals surface area contributed by atoms with Gasteiger partial charge in [0.2, 0.25) is 5.91 Å². The molecular weight excluding hydrogens is 390 g/mol. The van der Waals surface area contributed by atoms with Gasteiger partial charge in [-0.2, -0.15) is 0 Å². The van der Waals surface area contributed by atoms with E-state index in [1.54, 1.807) is 30.5 Å². The average Bonchev–Trinajstić information content (AvgIpc) is 2.58. The van der Waals surface area contributed by atoms with Crippen molar-refractivity contribution in [2.24, 2.45) is 0 Å². The van der Waals surface area contributed by atoms with Crippen molar-refractivity contribution in [3.05, 3.63) is 58.7 Å². The molecule has 1 aromatic heterocycles. The van der Waals surface area contributed by atoms with Gasteiger partial charge in [0.05, 0.1) is 5.75 Å². The van der Waals surface area contributed by atoms with E-state index < -0.39 is 27.7 Å². The molecule has 1 heterocycles. The van der Waals surface area contributed by atoms with Crippen LogP contribution in [0.2, 0.25) is 5.02 Å². The third kappa shape index (κ3) is 6.99. The Morgan fingerprint density at radius 3 is 2.44 bits per heavy atom. The fourth-order valence-corrected chi connectivity index (χ4v) is 3.05. The average molecular weight is 410 g/mol. The van der Waals surface area contributed by atoms with Crippen LogP contribution >= 0.6 is 11.6 Å². The number of aromatic nitrogens is 1. The predicted octanol–water partition coefficient (Wildman–Crippen LogP) is 2.22. The molecule has 0 saturated heterocycles. The first-order valence-electron chi connectivity index (χ1n) is 8.12. The summed E-state index contributed by atoms with van der Waals surface area (Å²) in [4.78, 5) is 29.0. The van der Waals surface area contributed by atoms with Gasteiger partial charge in [0, 0.05) is 23.0 Å². The molecule has 0 radical (unpaired) electrons. The maximum Gasteiger partial charge on any atom is 0.251 e. The number of carbonyl (C=O) groups is 2. The first-order chi connectivity index (χ1) is 12.6. The van der Waals surface area contributed by atoms with E-state index in [0.29, 0.717) is 16.4 Å². The van der Waals surface area contributed by atoms with E-state index in [9.17, 15) is 18.0 Å². The van der Waals surface area contributed by atoms with Crippen LogP contribution in [0.4, 0.5) is 5.82 Å². The summed E-state index contributed by atoms with van der Waals surface area (Å²) in [5.74, 6) is -0.963. The molecule has 1 atom stereocenters. The van der Waals surface area contributed by atoms with Crippen LogP contribution in [0.25, 0.3) is 0 Å². The maximum atomic E-state index is 12.6. The Kier molecular flexibility index (Phi) is 6.92. The molecule has 0 unspecified atom stereocenters. The molecule has 2 aromatic rings. The number of sulfone groups is 1. The lowest BCUT2D eigenvalue weighted by molar-refractivity contribution is -0.118. The van der Waals surface area contributed by atoms with Crippen molar-refractivity contribution in [3.8, 4) is 0 Å². The van der Waals surface area contributed by atoms with Gasteiger partial charge in [-0.05, 0) is 55.3 Å². The zero-order valence-corrected chi connectivity index (χ0v) is 16.5. The summed E-state index contributed by atoms with van der Waals surface area (Å²) < 4.78 is 23.0. The highest BCUT2D eigenvalue weighted by Gasteiger charge is 2.23. The molecule has 2 amide bonds. The SMILES string of the molecule is Cc1ccnc(NC(=O)[C@@H](CCS(C)(=O)=O)NC(=O)c2ccc(Cl)cc2)c1. The summed E-state index contributed by atoms with van der Waals surface area (Å²) in [5.41, 5.74) is 1.21. The summed E-state index contributed by atoms with van der Waals surface area (Å²) in [6, 6.07) is 8.56. The van der Waals surface area contributed by atoms with E-state index in [1.807, 2.05) is 6.92 Å². The highest BCUT2D eigenvalue weighted by molar-refractivity contribution is 7.90. The minimum atomic E-state index is -3.30. The fraction of sp³-hybridized carbons (Fsp3) is 0.278. The van der Waals surface area contributed by atoms with Crippen molar-refractivity contribution in [3.63, 3.8) is 0 Å². The Hall–Kier alpha value is -2.45. The number of pyridine rings is 1. The number of benzene rings is 1. The zero-order valence-electron chi connectivity index (χ0n) is 14.9. The van der Waals surface area contributed by atoms with Gasteiger partial charge < -0.3 is 10.6 Å². The van der Waals surface area contributed by atoms with Gasteiger partial charge >= 0.3 is 0 Å². The van der Waals surface area contributed by atoms with Crippen LogP contribution in [0.15, 0.2) is 42.6 Å². The second-order valence-electron chi connectivity index (χ2n) is 6.16. The first kappa shape index (κ1) is 20.9. The second-order valence-corrected chi connectivity index (χ2v) is 8.86. The smallest absolute Gasteiger partial charge is 0.251 e. The summed E-state index contributed by atoms with van der Waals surface area (Å²) in [5, 5.41) is 5.65. The van der Waals surface area contributed by atoms with Gasteiger partial charge in [0.25, 0.3) is 5.91 Å². The monoisotopic (exact) mass is 409 g/mol. The molecule has 2 N–H and O–H groups in total. The molecule has 0 aliphatic heterocycles. The normalized spacial score (nSPS) is 12.3. The number of carbonyl (C=O) groups excluding carboxylic acids is 2. The van der Waals surface area contributed by atoms with Crippen LogP contribution in [-0.4, -0.2) is 43.3 Å². The highest BCUT2D eigenvalue weighted by atomic mass is 35.5. The summed E-state index contributed by atoms with van der Waals surface area (Å²) in [6.45, 7) is 1.85. The van der Waals surface area contributed by atoms with Crippen LogP contribution in [0.5, 0.6) is 0 Å². The first-order valence-corrected chi connectivity index (χ1v) is 10.6. The van der Waals surface area contributed by atoms with Gasteiger partial charge in [-0.15, -0.1) is 0 Å². The van der Waals surface area contributed by atoms with E-state index in [-0.39, 0.29) is 12.2 Å².